The summed E-state index contributed by atoms with van der Waals surface area (Å²) >= 11 is 1.65. The maximum Gasteiger partial charge on any atom is 0.0912 e. The molecule has 90 valence electrons. The molecular weight excluding hydrogens is 222 g/mol. The van der Waals surface area contributed by atoms with Crippen LogP contribution in [0.1, 0.15) is 18.7 Å². The molecule has 4 nitrogen and oxygen atoms in total. The maximum absolute atomic E-state index is 5.85. The quantitative estimate of drug-likeness (QED) is 0.857. The van der Waals surface area contributed by atoms with Crippen molar-refractivity contribution in [3.8, 4) is 0 Å². The summed E-state index contributed by atoms with van der Waals surface area (Å²) in [5, 5.41) is 5.47. The minimum atomic E-state index is 0.209. The molecule has 2 rings (SSSR count). The molecule has 2 atom stereocenters. The Kier molecular flexibility index (Phi) is 4.29. The average molecular weight is 241 g/mol. The van der Waals surface area contributed by atoms with Gasteiger partial charge in [-0.15, -0.1) is 11.3 Å². The van der Waals surface area contributed by atoms with Crippen molar-refractivity contribution in [3.05, 3.63) is 16.6 Å². The molecule has 16 heavy (non-hydrogen) atoms. The van der Waals surface area contributed by atoms with E-state index < -0.39 is 0 Å². The van der Waals surface area contributed by atoms with Crippen LogP contribution in [0.3, 0.4) is 0 Å². The highest BCUT2D eigenvalue weighted by Crippen LogP contribution is 2.27. The van der Waals surface area contributed by atoms with Crippen molar-refractivity contribution in [1.82, 2.24) is 15.2 Å². The van der Waals surface area contributed by atoms with Crippen molar-refractivity contribution < 1.29 is 4.74 Å². The van der Waals surface area contributed by atoms with Gasteiger partial charge in [-0.2, -0.15) is 0 Å². The van der Waals surface area contributed by atoms with Crippen molar-refractivity contribution in [3.63, 3.8) is 0 Å². The highest BCUT2D eigenvalue weighted by atomic mass is 32.1. The summed E-state index contributed by atoms with van der Waals surface area (Å²) in [6.07, 6.45) is 0.209. The molecule has 0 spiro atoms. The first-order valence-corrected chi connectivity index (χ1v) is 6.68. The highest BCUT2D eigenvalue weighted by Gasteiger charge is 2.32. The summed E-state index contributed by atoms with van der Waals surface area (Å²) < 4.78 is 5.85. The van der Waals surface area contributed by atoms with Crippen LogP contribution in [0.25, 0.3) is 0 Å². The van der Waals surface area contributed by atoms with Crippen LogP contribution in [0.4, 0.5) is 0 Å². The second-order valence-corrected chi connectivity index (χ2v) is 4.77. The van der Waals surface area contributed by atoms with Gasteiger partial charge in [-0.3, -0.25) is 4.90 Å². The third kappa shape index (κ3) is 2.60. The van der Waals surface area contributed by atoms with Crippen LogP contribution < -0.4 is 5.32 Å². The zero-order chi connectivity index (χ0) is 11.4. The Morgan fingerprint density at radius 1 is 1.69 bits per heavy atom. The number of rotatable bonds is 4. The average Bonchev–Trinajstić information content (AvgIpc) is 2.79. The first-order chi connectivity index (χ1) is 7.83. The molecule has 1 aromatic rings. The van der Waals surface area contributed by atoms with E-state index in [0.717, 1.165) is 31.9 Å². The Balaban J connectivity index is 2.08. The van der Waals surface area contributed by atoms with Crippen LogP contribution in [-0.2, 0) is 4.74 Å². The van der Waals surface area contributed by atoms with E-state index in [1.54, 1.807) is 11.3 Å². The van der Waals surface area contributed by atoms with Crippen LogP contribution in [0, 0.1) is 0 Å². The van der Waals surface area contributed by atoms with E-state index in [1.165, 1.54) is 0 Å². The fraction of sp³-hybridized carbons (Fsp3) is 0.727. The van der Waals surface area contributed by atoms with E-state index in [9.17, 15) is 0 Å². The smallest absolute Gasteiger partial charge is 0.0912 e. The number of likely N-dealkylation sites (N-methyl/N-ethyl adjacent to an activating group) is 2. The van der Waals surface area contributed by atoms with Gasteiger partial charge in [-0.05, 0) is 13.6 Å². The lowest BCUT2D eigenvalue weighted by Crippen LogP contribution is -2.47. The first-order valence-electron chi connectivity index (χ1n) is 5.73. The molecule has 1 saturated heterocycles. The van der Waals surface area contributed by atoms with Gasteiger partial charge in [0.25, 0.3) is 0 Å². The molecule has 0 radical (unpaired) electrons. The SMILES string of the molecule is CCNCC1OCCN(C)C1c1cscn1. The number of nitrogens with one attached hydrogen (secondary N) is 1. The van der Waals surface area contributed by atoms with Crippen LogP contribution in [0.5, 0.6) is 0 Å². The Labute approximate surface area is 101 Å². The van der Waals surface area contributed by atoms with Crippen LogP contribution >= 0.6 is 11.3 Å². The third-order valence-electron chi connectivity index (χ3n) is 2.95. The van der Waals surface area contributed by atoms with E-state index in [0.29, 0.717) is 6.04 Å². The molecule has 0 aromatic carbocycles. The van der Waals surface area contributed by atoms with Gasteiger partial charge in [0.05, 0.1) is 30.0 Å². The Hall–Kier alpha value is -0.490. The molecule has 1 N–H and O–H groups in total. The van der Waals surface area contributed by atoms with E-state index >= 15 is 0 Å². The van der Waals surface area contributed by atoms with Gasteiger partial charge in [-0.1, -0.05) is 6.92 Å². The predicted molar refractivity (Wildman–Crippen MR) is 65.8 cm³/mol. The summed E-state index contributed by atoms with van der Waals surface area (Å²) in [4.78, 5) is 6.75. The number of nitrogens with zero attached hydrogens (tertiary/aromatic N) is 2. The van der Waals surface area contributed by atoms with E-state index in [1.807, 2.05) is 5.51 Å². The van der Waals surface area contributed by atoms with Crippen LogP contribution in [-0.4, -0.2) is 49.3 Å². The molecule has 1 aliphatic heterocycles. The summed E-state index contributed by atoms with van der Waals surface area (Å²) in [6.45, 7) is 5.78. The molecule has 0 aliphatic carbocycles. The molecule has 1 fully saturated rings. The van der Waals surface area contributed by atoms with Crippen molar-refractivity contribution in [2.45, 2.75) is 19.1 Å². The van der Waals surface area contributed by atoms with Crippen LogP contribution in [0.2, 0.25) is 0 Å². The van der Waals surface area contributed by atoms with E-state index in [2.05, 4.69) is 34.6 Å². The van der Waals surface area contributed by atoms with Gasteiger partial charge in [0.15, 0.2) is 0 Å². The fourth-order valence-corrected chi connectivity index (χ4v) is 2.69. The number of ether oxygens (including phenoxy) is 1. The molecule has 1 aliphatic rings. The summed E-state index contributed by atoms with van der Waals surface area (Å²) in [5.74, 6) is 0. The van der Waals surface area contributed by atoms with E-state index in [4.69, 9.17) is 4.74 Å². The molecule has 2 unspecified atom stereocenters. The molecular formula is C11H19N3OS. The molecule has 0 saturated carbocycles. The normalized spacial score (nSPS) is 27.1. The fourth-order valence-electron chi connectivity index (χ4n) is 2.10. The second kappa shape index (κ2) is 5.72. The van der Waals surface area contributed by atoms with Crippen molar-refractivity contribution in [2.24, 2.45) is 0 Å². The number of morpholine rings is 1. The summed E-state index contributed by atoms with van der Waals surface area (Å²) in [5.41, 5.74) is 3.03. The number of aromatic nitrogens is 1. The minimum absolute atomic E-state index is 0.209. The Bertz CT molecular complexity index is 304. The minimum Gasteiger partial charge on any atom is -0.374 e. The third-order valence-corrected chi connectivity index (χ3v) is 3.56. The molecule has 1 aromatic heterocycles. The molecule has 5 heteroatoms. The lowest BCUT2D eigenvalue weighted by Gasteiger charge is -2.38. The number of thiazole rings is 1. The van der Waals surface area contributed by atoms with Gasteiger partial charge < -0.3 is 10.1 Å². The van der Waals surface area contributed by atoms with Crippen molar-refractivity contribution >= 4 is 11.3 Å². The van der Waals surface area contributed by atoms with Crippen LogP contribution in [0.15, 0.2) is 10.9 Å². The van der Waals surface area contributed by atoms with Crippen molar-refractivity contribution in [1.29, 1.82) is 0 Å². The number of hydrogen-bond donors (Lipinski definition) is 1. The molecule has 0 bridgehead atoms. The first kappa shape index (κ1) is 12.0. The topological polar surface area (TPSA) is 37.4 Å². The van der Waals surface area contributed by atoms with Gasteiger partial charge in [0.2, 0.25) is 0 Å². The number of hydrogen-bond acceptors (Lipinski definition) is 5. The molecule has 0 amide bonds. The predicted octanol–water partition coefficient (Wildman–Crippen LogP) is 1.12. The second-order valence-electron chi connectivity index (χ2n) is 4.06. The zero-order valence-electron chi connectivity index (χ0n) is 9.85. The van der Waals surface area contributed by atoms with Crippen molar-refractivity contribution in [2.75, 3.05) is 33.3 Å². The lowest BCUT2D eigenvalue weighted by atomic mass is 10.1. The standard InChI is InChI=1S/C11H19N3OS/c1-3-12-6-10-11(9-7-16-8-13-9)14(2)4-5-15-10/h7-8,10-12H,3-6H2,1-2H3. The monoisotopic (exact) mass is 241 g/mol. The maximum atomic E-state index is 5.85. The van der Waals surface area contributed by atoms with Gasteiger partial charge in [-0.25, -0.2) is 4.98 Å². The Morgan fingerprint density at radius 3 is 3.25 bits per heavy atom. The lowest BCUT2D eigenvalue weighted by molar-refractivity contribution is -0.0623. The highest BCUT2D eigenvalue weighted by molar-refractivity contribution is 7.07. The summed E-state index contributed by atoms with van der Waals surface area (Å²) in [6, 6.07) is 0.291. The van der Waals surface area contributed by atoms with Gasteiger partial charge in [0.1, 0.15) is 0 Å². The van der Waals surface area contributed by atoms with Gasteiger partial charge >= 0.3 is 0 Å². The Morgan fingerprint density at radius 2 is 2.56 bits per heavy atom. The summed E-state index contributed by atoms with van der Waals surface area (Å²) in [7, 11) is 2.14. The van der Waals surface area contributed by atoms with Gasteiger partial charge in [0, 0.05) is 18.5 Å². The molecule has 2 heterocycles. The van der Waals surface area contributed by atoms with E-state index in [-0.39, 0.29) is 6.10 Å². The largest absolute Gasteiger partial charge is 0.374 e. The zero-order valence-corrected chi connectivity index (χ0v) is 10.7.